The Morgan fingerprint density at radius 2 is 1.71 bits per heavy atom. The Morgan fingerprint density at radius 3 is 2.47 bits per heavy atom. The first-order valence-electron chi connectivity index (χ1n) is 10.2. The maximum absolute atomic E-state index is 13.2. The highest BCUT2D eigenvalue weighted by atomic mass is 19.4. The summed E-state index contributed by atoms with van der Waals surface area (Å²) in [5.41, 5.74) is 0.260. The van der Waals surface area contributed by atoms with Gasteiger partial charge in [0.2, 0.25) is 5.91 Å². The number of H-pyrrole nitrogens is 1. The zero-order chi connectivity index (χ0) is 24.1. The molecule has 0 spiro atoms. The number of aromatic nitrogens is 2. The standard InChI is InChI=1S/C24H19F3N4O3/c25-24(26,27)19-9-5-4-8-16(19)14-34-17-10-11-20-18(12-17)22(31-30-20)29-21(32)13-28-23(33)15-6-2-1-3-7-15/h1-12H,13-14H2,(H,28,33)(H2,29,30,31,32). The van der Waals surface area contributed by atoms with Crippen LogP contribution in [-0.4, -0.2) is 28.6 Å². The summed E-state index contributed by atoms with van der Waals surface area (Å²) in [5.74, 6) is -0.380. The number of amides is 2. The molecule has 0 aliphatic rings. The molecular formula is C24H19F3N4O3. The average Bonchev–Trinajstić information content (AvgIpc) is 3.23. The molecular weight excluding hydrogens is 449 g/mol. The van der Waals surface area contributed by atoms with E-state index in [9.17, 15) is 22.8 Å². The highest BCUT2D eigenvalue weighted by Gasteiger charge is 2.33. The number of rotatable bonds is 7. The van der Waals surface area contributed by atoms with Gasteiger partial charge in [-0.2, -0.15) is 18.3 Å². The van der Waals surface area contributed by atoms with Gasteiger partial charge in [0, 0.05) is 16.5 Å². The molecule has 1 aromatic heterocycles. The summed E-state index contributed by atoms with van der Waals surface area (Å²) in [6.45, 7) is -0.557. The van der Waals surface area contributed by atoms with Gasteiger partial charge in [-0.05, 0) is 36.4 Å². The second-order valence-electron chi connectivity index (χ2n) is 7.32. The lowest BCUT2D eigenvalue weighted by Crippen LogP contribution is -2.32. The number of aromatic amines is 1. The van der Waals surface area contributed by atoms with Crippen molar-refractivity contribution in [3.8, 4) is 5.75 Å². The first kappa shape index (κ1) is 22.8. The topological polar surface area (TPSA) is 96.1 Å². The number of fused-ring (bicyclic) bond motifs is 1. The average molecular weight is 468 g/mol. The molecule has 7 nitrogen and oxygen atoms in total. The number of nitrogens with zero attached hydrogens (tertiary/aromatic N) is 1. The Hall–Kier alpha value is -4.34. The van der Waals surface area contributed by atoms with Crippen LogP contribution in [0.2, 0.25) is 0 Å². The van der Waals surface area contributed by atoms with Gasteiger partial charge in [-0.25, -0.2) is 0 Å². The van der Waals surface area contributed by atoms with E-state index in [2.05, 4.69) is 20.8 Å². The van der Waals surface area contributed by atoms with Crippen LogP contribution in [0.3, 0.4) is 0 Å². The fourth-order valence-corrected chi connectivity index (χ4v) is 3.29. The van der Waals surface area contributed by atoms with E-state index in [4.69, 9.17) is 4.74 Å². The lowest BCUT2D eigenvalue weighted by atomic mass is 10.1. The minimum absolute atomic E-state index is 0.00461. The summed E-state index contributed by atoms with van der Waals surface area (Å²) < 4.78 is 45.2. The minimum atomic E-state index is -4.48. The van der Waals surface area contributed by atoms with E-state index < -0.39 is 23.6 Å². The van der Waals surface area contributed by atoms with Gasteiger partial charge in [0.15, 0.2) is 5.82 Å². The molecule has 0 bridgehead atoms. The van der Waals surface area contributed by atoms with E-state index in [1.54, 1.807) is 48.5 Å². The molecule has 0 aliphatic heterocycles. The Labute approximate surface area is 191 Å². The number of hydrogen-bond donors (Lipinski definition) is 3. The van der Waals surface area contributed by atoms with Crippen molar-refractivity contribution in [2.24, 2.45) is 0 Å². The van der Waals surface area contributed by atoms with Crippen molar-refractivity contribution in [2.75, 3.05) is 11.9 Å². The molecule has 34 heavy (non-hydrogen) atoms. The second kappa shape index (κ2) is 9.65. The van der Waals surface area contributed by atoms with E-state index in [0.717, 1.165) is 6.07 Å². The van der Waals surface area contributed by atoms with Gasteiger partial charge < -0.3 is 15.4 Å². The van der Waals surface area contributed by atoms with Crippen LogP contribution in [0, 0.1) is 0 Å². The van der Waals surface area contributed by atoms with E-state index in [0.29, 0.717) is 22.2 Å². The summed E-state index contributed by atoms with van der Waals surface area (Å²) in [6.07, 6.45) is -4.48. The Kier molecular flexibility index (Phi) is 6.48. The van der Waals surface area contributed by atoms with Crippen LogP contribution in [0.4, 0.5) is 19.0 Å². The Morgan fingerprint density at radius 1 is 0.971 bits per heavy atom. The lowest BCUT2D eigenvalue weighted by Gasteiger charge is -2.13. The molecule has 10 heteroatoms. The van der Waals surface area contributed by atoms with Gasteiger partial charge in [0.1, 0.15) is 12.4 Å². The Bertz CT molecular complexity index is 1320. The number of nitrogens with one attached hydrogen (secondary N) is 3. The highest BCUT2D eigenvalue weighted by Crippen LogP contribution is 2.33. The molecule has 1 heterocycles. The Balaban J connectivity index is 1.42. The molecule has 0 fully saturated rings. The zero-order valence-corrected chi connectivity index (χ0v) is 17.6. The van der Waals surface area contributed by atoms with Crippen molar-refractivity contribution in [1.29, 1.82) is 0 Å². The number of ether oxygens (including phenoxy) is 1. The summed E-state index contributed by atoms with van der Waals surface area (Å²) in [5, 5.41) is 12.4. The van der Waals surface area contributed by atoms with Crippen molar-refractivity contribution in [3.63, 3.8) is 0 Å². The molecule has 174 valence electrons. The normalized spacial score (nSPS) is 11.3. The van der Waals surface area contributed by atoms with Gasteiger partial charge in [-0.1, -0.05) is 36.4 Å². The van der Waals surface area contributed by atoms with Crippen molar-refractivity contribution in [3.05, 3.63) is 89.5 Å². The maximum Gasteiger partial charge on any atom is 0.416 e. The monoisotopic (exact) mass is 468 g/mol. The number of benzene rings is 3. The summed E-state index contributed by atoms with van der Waals surface area (Å²) in [7, 11) is 0. The van der Waals surface area contributed by atoms with Gasteiger partial charge in [0.05, 0.1) is 17.6 Å². The third-order valence-corrected chi connectivity index (χ3v) is 4.95. The van der Waals surface area contributed by atoms with Gasteiger partial charge in [0.25, 0.3) is 5.91 Å². The third-order valence-electron chi connectivity index (χ3n) is 4.95. The molecule has 0 radical (unpaired) electrons. The highest BCUT2D eigenvalue weighted by molar-refractivity contribution is 6.03. The van der Waals surface area contributed by atoms with Crippen LogP contribution in [0.5, 0.6) is 5.75 Å². The maximum atomic E-state index is 13.2. The van der Waals surface area contributed by atoms with Crippen LogP contribution in [0.25, 0.3) is 10.9 Å². The quantitative estimate of drug-likeness (QED) is 0.371. The number of alkyl halides is 3. The molecule has 0 unspecified atom stereocenters. The fraction of sp³-hybridized carbons (Fsp3) is 0.125. The molecule has 3 N–H and O–H groups in total. The first-order chi connectivity index (χ1) is 16.3. The summed E-state index contributed by atoms with van der Waals surface area (Å²) >= 11 is 0. The fourth-order valence-electron chi connectivity index (χ4n) is 3.29. The number of hydrogen-bond acceptors (Lipinski definition) is 4. The molecule has 3 aromatic carbocycles. The predicted molar refractivity (Wildman–Crippen MR) is 119 cm³/mol. The molecule has 2 amide bonds. The van der Waals surface area contributed by atoms with Crippen molar-refractivity contribution < 1.29 is 27.5 Å². The molecule has 0 aliphatic carbocycles. The van der Waals surface area contributed by atoms with E-state index in [1.165, 1.54) is 18.2 Å². The molecule has 0 atom stereocenters. The number of carbonyl (C=O) groups is 2. The predicted octanol–water partition coefficient (Wildman–Crippen LogP) is 4.53. The van der Waals surface area contributed by atoms with Crippen LogP contribution in [0.15, 0.2) is 72.8 Å². The van der Waals surface area contributed by atoms with E-state index >= 15 is 0 Å². The van der Waals surface area contributed by atoms with Crippen molar-refractivity contribution >= 4 is 28.5 Å². The number of anilines is 1. The SMILES string of the molecule is O=C(CNC(=O)c1ccccc1)Nc1n[nH]c2ccc(OCc3ccccc3C(F)(F)F)cc12. The summed E-state index contributed by atoms with van der Waals surface area (Å²) in [6, 6.07) is 18.4. The molecule has 0 saturated carbocycles. The van der Waals surface area contributed by atoms with Gasteiger partial charge >= 0.3 is 6.18 Å². The van der Waals surface area contributed by atoms with Crippen LogP contribution in [-0.2, 0) is 17.6 Å². The largest absolute Gasteiger partial charge is 0.489 e. The minimum Gasteiger partial charge on any atom is -0.489 e. The molecule has 4 aromatic rings. The number of halogens is 3. The van der Waals surface area contributed by atoms with Crippen molar-refractivity contribution in [2.45, 2.75) is 12.8 Å². The smallest absolute Gasteiger partial charge is 0.416 e. The van der Waals surface area contributed by atoms with Crippen molar-refractivity contribution in [1.82, 2.24) is 15.5 Å². The van der Waals surface area contributed by atoms with Gasteiger partial charge in [-0.3, -0.25) is 14.7 Å². The molecule has 0 saturated heterocycles. The lowest BCUT2D eigenvalue weighted by molar-refractivity contribution is -0.138. The third kappa shape index (κ3) is 5.34. The molecule has 4 rings (SSSR count). The van der Waals surface area contributed by atoms with Gasteiger partial charge in [-0.15, -0.1) is 0 Å². The number of carbonyl (C=O) groups excluding carboxylic acids is 2. The zero-order valence-electron chi connectivity index (χ0n) is 17.6. The first-order valence-corrected chi connectivity index (χ1v) is 10.2. The van der Waals surface area contributed by atoms with Crippen LogP contribution in [0.1, 0.15) is 21.5 Å². The second-order valence-corrected chi connectivity index (χ2v) is 7.32. The van der Waals surface area contributed by atoms with E-state index in [1.807, 2.05) is 0 Å². The van der Waals surface area contributed by atoms with Crippen LogP contribution >= 0.6 is 0 Å². The summed E-state index contributed by atoms with van der Waals surface area (Å²) in [4.78, 5) is 24.4. The van der Waals surface area contributed by atoms with E-state index in [-0.39, 0.29) is 24.5 Å². The van der Waals surface area contributed by atoms with Crippen LogP contribution < -0.4 is 15.4 Å².